The average molecular weight is 159 g/mol. The van der Waals surface area contributed by atoms with Crippen molar-refractivity contribution in [2.75, 3.05) is 13.6 Å². The van der Waals surface area contributed by atoms with Gasteiger partial charge in [-0.2, -0.15) is 0 Å². The summed E-state index contributed by atoms with van der Waals surface area (Å²) in [6.07, 6.45) is 3.32. The van der Waals surface area contributed by atoms with Gasteiger partial charge in [-0.05, 0) is 18.6 Å². The maximum absolute atomic E-state index is 4.87. The first kappa shape index (κ1) is 9.69. The van der Waals surface area contributed by atoms with Gasteiger partial charge in [0.05, 0.1) is 0 Å². The molecule has 3 heteroatoms. The normalized spacial score (nSPS) is 9.00. The summed E-state index contributed by atoms with van der Waals surface area (Å²) in [6, 6.07) is 0. The van der Waals surface area contributed by atoms with Gasteiger partial charge < -0.3 is 10.6 Å². The molecule has 0 saturated heterocycles. The van der Waals surface area contributed by atoms with E-state index in [1.165, 1.54) is 6.42 Å². The van der Waals surface area contributed by atoms with Gasteiger partial charge in [-0.15, -0.1) is 0 Å². The molecule has 0 rings (SSSR count). The van der Waals surface area contributed by atoms with Crippen LogP contribution in [0.4, 0.5) is 0 Å². The summed E-state index contributed by atoms with van der Waals surface area (Å²) >= 11 is 4.87. The van der Waals surface area contributed by atoms with E-state index in [4.69, 9.17) is 12.2 Å². The van der Waals surface area contributed by atoms with Gasteiger partial charge in [-0.1, -0.05) is 19.8 Å². The van der Waals surface area contributed by atoms with Crippen LogP contribution in [0.5, 0.6) is 0 Å². The van der Waals surface area contributed by atoms with Crippen LogP contribution in [0.25, 0.3) is 0 Å². The molecular weight excluding hydrogens is 144 g/mol. The van der Waals surface area contributed by atoms with E-state index < -0.39 is 0 Å². The van der Waals surface area contributed by atoms with Crippen molar-refractivity contribution in [3.63, 3.8) is 0 Å². The second-order valence-corrected chi connectivity index (χ2v) is 2.47. The molecule has 0 unspecified atom stereocenters. The highest BCUT2D eigenvalue weighted by molar-refractivity contribution is 7.80. The minimum absolute atomic E-state index is 0.726. The van der Waals surface area contributed by atoms with Crippen LogP contribution >= 0.6 is 12.2 Å². The van der Waals surface area contributed by atoms with Crippen LogP contribution in [0.1, 0.15) is 19.3 Å². The van der Waals surface area contributed by atoms with Crippen LogP contribution in [-0.2, 0) is 0 Å². The Hall–Kier alpha value is -0.310. The molecule has 0 saturated carbocycles. The molecule has 0 heterocycles. The number of nitrogens with one attached hydrogen (secondary N) is 2. The Kier molecular flexibility index (Phi) is 6.59. The Balaban J connectivity index is 2.96. The number of hydrogen-bond donors (Lipinski definition) is 2. The molecule has 0 atom stereocenters. The Morgan fingerprint density at radius 3 is 2.70 bits per heavy atom. The standard InChI is InChI=1S/C7H15N2S/c1-3-4-5-6-9-7(10)8-2/h1,3-6H2,2H3,(H2,8,9,10). The SMILES string of the molecule is [CH2]CCCCNC(=S)NC. The van der Waals surface area contributed by atoms with E-state index in [0.29, 0.717) is 0 Å². The molecule has 0 aromatic rings. The van der Waals surface area contributed by atoms with Crippen LogP contribution in [-0.4, -0.2) is 18.7 Å². The molecule has 2 nitrogen and oxygen atoms in total. The quantitative estimate of drug-likeness (QED) is 0.474. The number of rotatable bonds is 4. The van der Waals surface area contributed by atoms with Gasteiger partial charge >= 0.3 is 0 Å². The van der Waals surface area contributed by atoms with Crippen molar-refractivity contribution >= 4 is 17.3 Å². The fourth-order valence-corrected chi connectivity index (χ4v) is 0.694. The minimum atomic E-state index is 0.726. The lowest BCUT2D eigenvalue weighted by atomic mass is 10.2. The van der Waals surface area contributed by atoms with E-state index in [2.05, 4.69) is 17.6 Å². The molecule has 0 bridgehead atoms. The summed E-state index contributed by atoms with van der Waals surface area (Å²) in [6.45, 7) is 4.70. The predicted molar refractivity (Wildman–Crippen MR) is 48.9 cm³/mol. The smallest absolute Gasteiger partial charge is 0.166 e. The van der Waals surface area contributed by atoms with Crippen molar-refractivity contribution < 1.29 is 0 Å². The van der Waals surface area contributed by atoms with E-state index in [9.17, 15) is 0 Å². The second-order valence-electron chi connectivity index (χ2n) is 2.07. The third-order valence-electron chi connectivity index (χ3n) is 1.19. The molecule has 10 heavy (non-hydrogen) atoms. The molecule has 0 aromatic carbocycles. The topological polar surface area (TPSA) is 24.1 Å². The highest BCUT2D eigenvalue weighted by Gasteiger charge is 1.88. The molecule has 0 aromatic heterocycles. The summed E-state index contributed by atoms with van der Waals surface area (Å²) in [5, 5.41) is 6.63. The van der Waals surface area contributed by atoms with Gasteiger partial charge in [-0.3, -0.25) is 0 Å². The molecule has 0 aliphatic heterocycles. The summed E-state index contributed by atoms with van der Waals surface area (Å²) < 4.78 is 0. The number of unbranched alkanes of at least 4 members (excludes halogenated alkanes) is 2. The zero-order chi connectivity index (χ0) is 7.82. The molecule has 0 aliphatic carbocycles. The summed E-state index contributed by atoms with van der Waals surface area (Å²) in [7, 11) is 1.82. The molecule has 0 spiro atoms. The third-order valence-corrected chi connectivity index (χ3v) is 1.54. The van der Waals surface area contributed by atoms with Gasteiger partial charge in [0.25, 0.3) is 0 Å². The fraction of sp³-hybridized carbons (Fsp3) is 0.714. The predicted octanol–water partition coefficient (Wildman–Crippen LogP) is 1.08. The van der Waals surface area contributed by atoms with Crippen LogP contribution in [0, 0.1) is 6.92 Å². The zero-order valence-corrected chi connectivity index (χ0v) is 7.26. The minimum Gasteiger partial charge on any atom is -0.366 e. The van der Waals surface area contributed by atoms with Gasteiger partial charge in [0, 0.05) is 13.6 Å². The van der Waals surface area contributed by atoms with Gasteiger partial charge in [0.1, 0.15) is 0 Å². The highest BCUT2D eigenvalue weighted by Crippen LogP contribution is 1.89. The molecule has 0 amide bonds. The summed E-state index contributed by atoms with van der Waals surface area (Å²) in [5.41, 5.74) is 0. The lowest BCUT2D eigenvalue weighted by Gasteiger charge is -2.04. The van der Waals surface area contributed by atoms with E-state index in [1.54, 1.807) is 0 Å². The molecular formula is C7H15N2S. The average Bonchev–Trinajstić information content (AvgIpc) is 1.98. The molecule has 2 N–H and O–H groups in total. The summed E-state index contributed by atoms with van der Waals surface area (Å²) in [5.74, 6) is 0. The maximum atomic E-state index is 4.87. The third kappa shape index (κ3) is 5.82. The first-order chi connectivity index (χ1) is 4.81. The van der Waals surface area contributed by atoms with Crippen LogP contribution in [0.3, 0.4) is 0 Å². The maximum Gasteiger partial charge on any atom is 0.166 e. The summed E-state index contributed by atoms with van der Waals surface area (Å²) in [4.78, 5) is 0. The van der Waals surface area contributed by atoms with Crippen molar-refractivity contribution in [2.24, 2.45) is 0 Å². The van der Waals surface area contributed by atoms with E-state index in [0.717, 1.165) is 24.5 Å². The van der Waals surface area contributed by atoms with Crippen LogP contribution in [0.2, 0.25) is 0 Å². The second kappa shape index (κ2) is 6.81. The fourth-order valence-electron chi connectivity index (χ4n) is 0.592. The lowest BCUT2D eigenvalue weighted by molar-refractivity contribution is 0.714. The van der Waals surface area contributed by atoms with E-state index >= 15 is 0 Å². The highest BCUT2D eigenvalue weighted by atomic mass is 32.1. The Morgan fingerprint density at radius 1 is 1.50 bits per heavy atom. The van der Waals surface area contributed by atoms with Crippen molar-refractivity contribution in [1.29, 1.82) is 0 Å². The monoisotopic (exact) mass is 159 g/mol. The Labute approximate surface area is 68.4 Å². The van der Waals surface area contributed by atoms with Crippen molar-refractivity contribution in [2.45, 2.75) is 19.3 Å². The van der Waals surface area contributed by atoms with E-state index in [-0.39, 0.29) is 0 Å². The van der Waals surface area contributed by atoms with Gasteiger partial charge in [0.2, 0.25) is 0 Å². The van der Waals surface area contributed by atoms with Gasteiger partial charge in [0.15, 0.2) is 5.11 Å². The first-order valence-corrected chi connectivity index (χ1v) is 3.97. The van der Waals surface area contributed by atoms with Crippen LogP contribution < -0.4 is 10.6 Å². The van der Waals surface area contributed by atoms with Gasteiger partial charge in [-0.25, -0.2) is 0 Å². The molecule has 0 aliphatic rings. The number of thiocarbonyl (C=S) groups is 1. The Bertz CT molecular complexity index is 93.6. The van der Waals surface area contributed by atoms with Crippen molar-refractivity contribution in [1.82, 2.24) is 10.6 Å². The lowest BCUT2D eigenvalue weighted by Crippen LogP contribution is -2.32. The van der Waals surface area contributed by atoms with Crippen LogP contribution in [0.15, 0.2) is 0 Å². The Morgan fingerprint density at radius 2 is 2.20 bits per heavy atom. The number of hydrogen-bond acceptors (Lipinski definition) is 1. The largest absolute Gasteiger partial charge is 0.366 e. The van der Waals surface area contributed by atoms with E-state index in [1.807, 2.05) is 7.05 Å². The van der Waals surface area contributed by atoms with Crippen molar-refractivity contribution in [3.05, 3.63) is 6.92 Å². The zero-order valence-electron chi connectivity index (χ0n) is 6.44. The molecule has 59 valence electrons. The van der Waals surface area contributed by atoms with Crippen molar-refractivity contribution in [3.8, 4) is 0 Å². The molecule has 1 radical (unpaired) electrons. The molecule has 0 fully saturated rings. The first-order valence-electron chi connectivity index (χ1n) is 3.56.